The smallest absolute Gasteiger partial charge is 0.300 e. The van der Waals surface area contributed by atoms with Crippen LogP contribution in [0.1, 0.15) is 17.0 Å². The highest BCUT2D eigenvalue weighted by Gasteiger charge is 2.26. The minimum atomic E-state index is -4.31. The number of fused-ring (bicyclic) bond motifs is 1. The number of sulfonamides is 1. The van der Waals surface area contributed by atoms with E-state index in [1.165, 1.54) is 37.6 Å². The normalized spacial score (nSPS) is 14.0. The molecule has 8 nitrogen and oxygen atoms in total. The monoisotopic (exact) mass is 405 g/mol. The molecule has 0 atom stereocenters. The maximum atomic E-state index is 14.4. The van der Waals surface area contributed by atoms with E-state index in [0.29, 0.717) is 5.69 Å². The van der Waals surface area contributed by atoms with Gasteiger partial charge in [0.25, 0.3) is 10.0 Å². The molecule has 3 aromatic rings. The summed E-state index contributed by atoms with van der Waals surface area (Å²) >= 11 is 0. The number of halogens is 1. The largest absolute Gasteiger partial charge is 0.494 e. The average Bonchev–Trinajstić information content (AvgIpc) is 3.05. The molecule has 1 saturated heterocycles. The van der Waals surface area contributed by atoms with Crippen LogP contribution in [0.15, 0.2) is 46.0 Å². The fourth-order valence-electron chi connectivity index (χ4n) is 2.91. The van der Waals surface area contributed by atoms with Gasteiger partial charge in [-0.3, -0.25) is 4.79 Å². The number of rotatable bonds is 5. The van der Waals surface area contributed by atoms with Crippen molar-refractivity contribution in [1.29, 1.82) is 0 Å². The maximum absolute atomic E-state index is 14.4. The Labute approximate surface area is 160 Å². The zero-order valence-electron chi connectivity index (χ0n) is 14.8. The summed E-state index contributed by atoms with van der Waals surface area (Å²) < 4.78 is 51.6. The van der Waals surface area contributed by atoms with Crippen LogP contribution in [0.2, 0.25) is 0 Å². The van der Waals surface area contributed by atoms with Crippen molar-refractivity contribution < 1.29 is 26.8 Å². The summed E-state index contributed by atoms with van der Waals surface area (Å²) in [6.07, 6.45) is 2.29. The van der Waals surface area contributed by atoms with Crippen molar-refractivity contribution in [2.24, 2.45) is 0 Å². The van der Waals surface area contributed by atoms with Crippen LogP contribution in [0.5, 0.6) is 5.75 Å². The van der Waals surface area contributed by atoms with Crippen LogP contribution in [0.25, 0.3) is 11.0 Å². The topological polar surface area (TPSA) is 102 Å². The molecule has 1 amide bonds. The van der Waals surface area contributed by atoms with E-state index in [2.05, 4.69) is 4.98 Å². The minimum absolute atomic E-state index is 0.0161. The van der Waals surface area contributed by atoms with Gasteiger partial charge >= 0.3 is 5.91 Å². The number of methoxy groups -OCH3 is 1. The fourth-order valence-corrected chi connectivity index (χ4v) is 3.96. The fraction of sp³-hybridized carbons (Fsp3) is 0.222. The molecule has 1 aromatic carbocycles. The van der Waals surface area contributed by atoms with E-state index in [-0.39, 0.29) is 22.5 Å². The molecule has 4 rings (SSSR count). The van der Waals surface area contributed by atoms with Crippen molar-refractivity contribution >= 4 is 32.6 Å². The molecule has 28 heavy (non-hydrogen) atoms. The Morgan fingerprint density at radius 1 is 1.32 bits per heavy atom. The van der Waals surface area contributed by atoms with E-state index in [9.17, 15) is 17.6 Å². The number of furan rings is 1. The zero-order chi connectivity index (χ0) is 19.9. The van der Waals surface area contributed by atoms with Gasteiger partial charge in [-0.15, -0.1) is 0 Å². The molecular weight excluding hydrogens is 389 g/mol. The third kappa shape index (κ3) is 3.15. The molecule has 10 heteroatoms. The van der Waals surface area contributed by atoms with Gasteiger partial charge in [-0.25, -0.2) is 14.1 Å². The molecule has 0 unspecified atom stereocenters. The van der Waals surface area contributed by atoms with Crippen LogP contribution < -0.4 is 14.4 Å². The lowest BCUT2D eigenvalue weighted by atomic mass is 10.1. The van der Waals surface area contributed by atoms with E-state index < -0.39 is 26.8 Å². The molecule has 0 aliphatic carbocycles. The molecule has 1 N–H and O–H groups in total. The summed E-state index contributed by atoms with van der Waals surface area (Å²) in [6.45, 7) is 1.65. The summed E-state index contributed by atoms with van der Waals surface area (Å²) in [5.41, 5.74) is 0.822. The molecular formula is C18H16FN3O5S. The Bertz CT molecular complexity index is 1170. The van der Waals surface area contributed by atoms with Crippen molar-refractivity contribution in [1.82, 2.24) is 9.71 Å². The summed E-state index contributed by atoms with van der Waals surface area (Å²) in [5, 5.41) is -0.338. The van der Waals surface area contributed by atoms with E-state index in [1.54, 1.807) is 6.07 Å². The molecule has 0 radical (unpaired) electrons. The van der Waals surface area contributed by atoms with Crippen molar-refractivity contribution in [3.63, 3.8) is 0 Å². The first-order valence-electron chi connectivity index (χ1n) is 8.43. The Kier molecular flexibility index (Phi) is 4.42. The molecule has 2 aromatic heterocycles. The van der Waals surface area contributed by atoms with Crippen LogP contribution >= 0.6 is 0 Å². The number of pyridine rings is 1. The lowest BCUT2D eigenvalue weighted by Gasteiger charge is -2.33. The molecule has 1 fully saturated rings. The lowest BCUT2D eigenvalue weighted by molar-refractivity contribution is 0.0956. The molecule has 0 saturated carbocycles. The van der Waals surface area contributed by atoms with Gasteiger partial charge in [0, 0.05) is 37.1 Å². The Hall–Kier alpha value is -3.14. The molecule has 1 aliphatic rings. The summed E-state index contributed by atoms with van der Waals surface area (Å²) in [7, 11) is -3.02. The average molecular weight is 405 g/mol. The number of nitrogens with one attached hydrogen (secondary N) is 1. The number of ether oxygens (including phenoxy) is 1. The number of aromatic nitrogens is 1. The first kappa shape index (κ1) is 18.2. The molecule has 1 aliphatic heterocycles. The van der Waals surface area contributed by atoms with Crippen molar-refractivity contribution in [2.45, 2.75) is 11.4 Å². The molecule has 146 valence electrons. The number of anilines is 1. The number of hydrogen-bond acceptors (Lipinski definition) is 7. The van der Waals surface area contributed by atoms with Crippen LogP contribution in [-0.2, 0) is 10.0 Å². The summed E-state index contributed by atoms with van der Waals surface area (Å²) in [4.78, 5) is 18.1. The van der Waals surface area contributed by atoms with E-state index >= 15 is 0 Å². The highest BCUT2D eigenvalue weighted by molar-refractivity contribution is 7.90. The Balaban J connectivity index is 1.64. The first-order valence-corrected chi connectivity index (χ1v) is 9.91. The highest BCUT2D eigenvalue weighted by Crippen LogP contribution is 2.30. The second-order valence-electron chi connectivity index (χ2n) is 6.24. The summed E-state index contributed by atoms with van der Waals surface area (Å²) in [6, 6.07) is 7.07. The van der Waals surface area contributed by atoms with Crippen molar-refractivity contribution in [3.8, 4) is 5.75 Å². The number of amides is 1. The third-order valence-electron chi connectivity index (χ3n) is 4.45. The molecule has 3 heterocycles. The zero-order valence-corrected chi connectivity index (χ0v) is 15.6. The van der Waals surface area contributed by atoms with Crippen LogP contribution in [-0.4, -0.2) is 39.5 Å². The van der Waals surface area contributed by atoms with Gasteiger partial charge in [-0.1, -0.05) is 0 Å². The quantitative estimate of drug-likeness (QED) is 0.695. The summed E-state index contributed by atoms with van der Waals surface area (Å²) in [5.74, 6) is -1.92. The Morgan fingerprint density at radius 3 is 2.79 bits per heavy atom. The second kappa shape index (κ2) is 6.79. The predicted molar refractivity (Wildman–Crippen MR) is 98.4 cm³/mol. The Morgan fingerprint density at radius 2 is 2.11 bits per heavy atom. The number of hydrogen-bond donors (Lipinski definition) is 1. The minimum Gasteiger partial charge on any atom is -0.494 e. The van der Waals surface area contributed by atoms with Gasteiger partial charge in [0.1, 0.15) is 11.4 Å². The lowest BCUT2D eigenvalue weighted by Crippen LogP contribution is -2.36. The van der Waals surface area contributed by atoms with Gasteiger partial charge in [-0.2, -0.15) is 8.42 Å². The van der Waals surface area contributed by atoms with Gasteiger partial charge in [0.2, 0.25) is 5.03 Å². The van der Waals surface area contributed by atoms with Crippen LogP contribution in [0.3, 0.4) is 0 Å². The van der Waals surface area contributed by atoms with Crippen molar-refractivity contribution in [2.75, 3.05) is 25.1 Å². The van der Waals surface area contributed by atoms with Crippen LogP contribution in [0.4, 0.5) is 10.1 Å². The van der Waals surface area contributed by atoms with Crippen molar-refractivity contribution in [3.05, 3.63) is 48.1 Å². The first-order chi connectivity index (χ1) is 13.4. The second-order valence-corrected chi connectivity index (χ2v) is 7.83. The number of nitrogens with zero attached hydrogens (tertiary/aromatic N) is 2. The van der Waals surface area contributed by atoms with Crippen LogP contribution in [0, 0.1) is 5.82 Å². The van der Waals surface area contributed by atoms with Gasteiger partial charge in [0.05, 0.1) is 12.5 Å². The number of carbonyl (C=O) groups is 1. The molecule has 0 spiro atoms. The number of benzene rings is 1. The standard InChI is InChI=1S/C18H16FN3O5S/c1-26-14-4-2-5-20-18(14)28(24,25)21-17(23)16-10-12-13(19)8-11(9-15(12)27-16)22-6-3-7-22/h2,4-5,8-10H,3,6-7H2,1H3,(H,21,23). The SMILES string of the molecule is COc1cccnc1S(=O)(=O)NC(=O)c1cc2c(F)cc(N3CCC3)cc2o1. The van der Waals surface area contributed by atoms with Gasteiger partial charge in [0.15, 0.2) is 11.5 Å². The van der Waals surface area contributed by atoms with E-state index in [0.717, 1.165) is 19.5 Å². The predicted octanol–water partition coefficient (Wildman–Crippen LogP) is 2.30. The highest BCUT2D eigenvalue weighted by atomic mass is 32.2. The molecule has 0 bridgehead atoms. The maximum Gasteiger partial charge on any atom is 0.300 e. The van der Waals surface area contributed by atoms with Gasteiger partial charge in [-0.05, 0) is 24.6 Å². The van der Waals surface area contributed by atoms with E-state index in [1.807, 2.05) is 9.62 Å². The third-order valence-corrected chi connectivity index (χ3v) is 5.72. The number of carbonyl (C=O) groups excluding carboxylic acids is 1. The van der Waals surface area contributed by atoms with Gasteiger partial charge < -0.3 is 14.1 Å². The van der Waals surface area contributed by atoms with E-state index in [4.69, 9.17) is 9.15 Å².